The van der Waals surface area contributed by atoms with Crippen molar-refractivity contribution in [1.29, 1.82) is 0 Å². The third kappa shape index (κ3) is 10.7. The normalized spacial score (nSPS) is 12.7. The number of amides is 3. The highest BCUT2D eigenvalue weighted by molar-refractivity contribution is 5.95. The average molecular weight is 674 g/mol. The number of likely N-dealkylation sites (N-methyl/N-ethyl adjacent to an activating group) is 2. The molecular weight excluding hydrogens is 622 g/mol. The molecule has 1 heterocycles. The van der Waals surface area contributed by atoms with Crippen molar-refractivity contribution < 1.29 is 14.4 Å². The number of benzene rings is 3. The van der Waals surface area contributed by atoms with E-state index in [4.69, 9.17) is 5.73 Å². The molecule has 4 rings (SSSR count). The minimum atomic E-state index is -0.859. The lowest BCUT2D eigenvalue weighted by molar-refractivity contribution is -0.146. The first-order chi connectivity index (χ1) is 24.1. The summed E-state index contributed by atoms with van der Waals surface area (Å²) in [5.41, 5.74) is 11.1. The lowest BCUT2D eigenvalue weighted by Gasteiger charge is -2.34. The van der Waals surface area contributed by atoms with Gasteiger partial charge >= 0.3 is 0 Å². The van der Waals surface area contributed by atoms with Crippen LogP contribution in [0.25, 0.3) is 11.1 Å². The summed E-state index contributed by atoms with van der Waals surface area (Å²) in [7, 11) is 3.31. The number of nitrogens with one attached hydrogen (secondary N) is 1. The molecule has 0 aliphatic rings. The van der Waals surface area contributed by atoms with Gasteiger partial charge in [-0.25, -0.2) is 0 Å². The number of carbonyl (C=O) groups is 3. The van der Waals surface area contributed by atoms with Gasteiger partial charge in [-0.05, 0) is 71.7 Å². The second-order valence-electron chi connectivity index (χ2n) is 13.0. The Balaban J connectivity index is 1.60. The first kappa shape index (κ1) is 37.7. The van der Waals surface area contributed by atoms with Crippen LogP contribution in [0.4, 0.5) is 0 Å². The minimum Gasteiger partial charge on any atom is -0.354 e. The summed E-state index contributed by atoms with van der Waals surface area (Å²) in [6.07, 6.45) is 10.1. The second-order valence-corrected chi connectivity index (χ2v) is 13.0. The van der Waals surface area contributed by atoms with Crippen LogP contribution in [0.2, 0.25) is 0 Å². The van der Waals surface area contributed by atoms with Gasteiger partial charge in [0.1, 0.15) is 12.1 Å². The Kier molecular flexibility index (Phi) is 14.1. The molecule has 0 spiro atoms. The summed E-state index contributed by atoms with van der Waals surface area (Å²) in [5, 5.41) is 3.05. The third-order valence-electron chi connectivity index (χ3n) is 9.64. The summed E-state index contributed by atoms with van der Waals surface area (Å²) in [5.74, 6) is -0.868. The van der Waals surface area contributed by atoms with Crippen molar-refractivity contribution in [2.45, 2.75) is 70.0 Å². The quantitative estimate of drug-likeness (QED) is 0.134. The Morgan fingerprint density at radius 2 is 1.30 bits per heavy atom. The zero-order valence-corrected chi connectivity index (χ0v) is 29.8. The molecule has 0 fully saturated rings. The van der Waals surface area contributed by atoms with E-state index in [0.717, 1.165) is 40.7 Å². The van der Waals surface area contributed by atoms with Crippen LogP contribution in [0.3, 0.4) is 0 Å². The zero-order valence-electron chi connectivity index (χ0n) is 29.8. The standard InChI is InChI=1S/C42H51N5O3/c1-5-42(43,6-2)26-13-18-39(48)46(3)38(31-34-19-21-36(22-20-34)35-16-11-8-12-17-35)41(50)47(4)37(30-33-14-9-7-10-15-33)40(49)45-29-25-32-23-27-44-28-24-32/h7-24,27-28,37-38H,5-6,25-26,29-31,43H2,1-4H3,(H,45,49)/b18-13+. The number of pyridine rings is 1. The van der Waals surface area contributed by atoms with Gasteiger partial charge in [0.05, 0.1) is 0 Å². The molecule has 4 aromatic rings. The number of rotatable bonds is 17. The number of nitrogens with zero attached hydrogens (tertiary/aromatic N) is 3. The molecule has 2 unspecified atom stereocenters. The van der Waals surface area contributed by atoms with Gasteiger partial charge in [0.15, 0.2) is 0 Å². The summed E-state index contributed by atoms with van der Waals surface area (Å²) >= 11 is 0. The Labute approximate surface area is 297 Å². The minimum absolute atomic E-state index is 0.253. The summed E-state index contributed by atoms with van der Waals surface area (Å²) < 4.78 is 0. The highest BCUT2D eigenvalue weighted by Crippen LogP contribution is 2.22. The average Bonchev–Trinajstić information content (AvgIpc) is 3.16. The molecule has 1 aromatic heterocycles. The van der Waals surface area contributed by atoms with Crippen LogP contribution >= 0.6 is 0 Å². The summed E-state index contributed by atoms with van der Waals surface area (Å²) in [6.45, 7) is 4.49. The number of aromatic nitrogens is 1. The first-order valence-electron chi connectivity index (χ1n) is 17.5. The molecule has 262 valence electrons. The molecule has 0 radical (unpaired) electrons. The number of hydrogen-bond donors (Lipinski definition) is 2. The maximum absolute atomic E-state index is 14.5. The predicted octanol–water partition coefficient (Wildman–Crippen LogP) is 6.01. The van der Waals surface area contributed by atoms with Crippen LogP contribution in [0, 0.1) is 0 Å². The smallest absolute Gasteiger partial charge is 0.246 e. The van der Waals surface area contributed by atoms with Crippen molar-refractivity contribution in [3.05, 3.63) is 138 Å². The number of carbonyl (C=O) groups excluding carboxylic acids is 3. The molecule has 3 N–H and O–H groups in total. The Bertz CT molecular complexity index is 1670. The molecule has 3 amide bonds. The van der Waals surface area contributed by atoms with Crippen LogP contribution in [0.1, 0.15) is 49.8 Å². The molecule has 0 aliphatic carbocycles. The fraction of sp³-hybridized carbons (Fsp3) is 0.333. The monoisotopic (exact) mass is 673 g/mol. The van der Waals surface area contributed by atoms with Gasteiger partial charge in [-0.2, -0.15) is 0 Å². The largest absolute Gasteiger partial charge is 0.354 e. The fourth-order valence-corrected chi connectivity index (χ4v) is 5.91. The van der Waals surface area contributed by atoms with Crippen molar-refractivity contribution in [3.63, 3.8) is 0 Å². The summed E-state index contributed by atoms with van der Waals surface area (Å²) in [6, 6.07) is 30.0. The number of nitrogens with two attached hydrogens (primary N) is 1. The molecule has 0 saturated carbocycles. The van der Waals surface area contributed by atoms with Crippen molar-refractivity contribution >= 4 is 17.7 Å². The lowest BCUT2D eigenvalue weighted by Crippen LogP contribution is -2.56. The van der Waals surface area contributed by atoms with E-state index in [0.29, 0.717) is 25.8 Å². The van der Waals surface area contributed by atoms with Crippen LogP contribution in [-0.4, -0.2) is 70.8 Å². The summed E-state index contributed by atoms with van der Waals surface area (Å²) in [4.78, 5) is 49.0. The van der Waals surface area contributed by atoms with E-state index >= 15 is 0 Å². The van der Waals surface area contributed by atoms with Crippen molar-refractivity contribution in [1.82, 2.24) is 20.1 Å². The van der Waals surface area contributed by atoms with Gasteiger partial charge in [0, 0.05) is 51.4 Å². The molecule has 8 heteroatoms. The molecule has 0 aliphatic heterocycles. The third-order valence-corrected chi connectivity index (χ3v) is 9.64. The van der Waals surface area contributed by atoms with Gasteiger partial charge in [0.2, 0.25) is 17.7 Å². The van der Waals surface area contributed by atoms with E-state index in [1.807, 2.05) is 98.8 Å². The number of hydrogen-bond acceptors (Lipinski definition) is 5. The lowest BCUT2D eigenvalue weighted by atomic mass is 9.90. The second kappa shape index (κ2) is 18.6. The molecular formula is C42H51N5O3. The molecule has 8 nitrogen and oxygen atoms in total. The molecule has 2 atom stereocenters. The van der Waals surface area contributed by atoms with Crippen LogP contribution < -0.4 is 11.1 Å². The highest BCUT2D eigenvalue weighted by Gasteiger charge is 2.35. The van der Waals surface area contributed by atoms with Gasteiger partial charge < -0.3 is 20.9 Å². The maximum Gasteiger partial charge on any atom is 0.246 e. The van der Waals surface area contributed by atoms with E-state index in [1.54, 1.807) is 32.6 Å². The van der Waals surface area contributed by atoms with Crippen molar-refractivity contribution in [2.24, 2.45) is 5.73 Å². The van der Waals surface area contributed by atoms with Crippen LogP contribution in [0.15, 0.2) is 122 Å². The SMILES string of the molecule is CCC(N)(CC)C/C=C/C(=O)N(C)C(Cc1ccc(-c2ccccc2)cc1)C(=O)N(C)C(Cc1ccccc1)C(=O)NCCc1ccncc1. The Hall–Kier alpha value is -5.08. The zero-order chi connectivity index (χ0) is 35.9. The first-order valence-corrected chi connectivity index (χ1v) is 17.5. The van der Waals surface area contributed by atoms with E-state index in [-0.39, 0.29) is 29.7 Å². The highest BCUT2D eigenvalue weighted by atomic mass is 16.2. The Morgan fingerprint density at radius 1 is 0.740 bits per heavy atom. The Morgan fingerprint density at radius 3 is 1.92 bits per heavy atom. The van der Waals surface area contributed by atoms with E-state index < -0.39 is 12.1 Å². The van der Waals surface area contributed by atoms with E-state index in [9.17, 15) is 14.4 Å². The molecule has 50 heavy (non-hydrogen) atoms. The maximum atomic E-state index is 14.5. The van der Waals surface area contributed by atoms with E-state index in [2.05, 4.69) is 22.4 Å². The van der Waals surface area contributed by atoms with Crippen molar-refractivity contribution in [2.75, 3.05) is 20.6 Å². The van der Waals surface area contributed by atoms with Gasteiger partial charge in [0.25, 0.3) is 0 Å². The predicted molar refractivity (Wildman–Crippen MR) is 201 cm³/mol. The van der Waals surface area contributed by atoms with Gasteiger partial charge in [-0.1, -0.05) is 105 Å². The van der Waals surface area contributed by atoms with Gasteiger partial charge in [-0.3, -0.25) is 19.4 Å². The molecule has 0 saturated heterocycles. The topological polar surface area (TPSA) is 109 Å². The molecule has 0 bridgehead atoms. The van der Waals surface area contributed by atoms with Gasteiger partial charge in [-0.15, -0.1) is 0 Å². The van der Waals surface area contributed by atoms with E-state index in [1.165, 1.54) is 15.9 Å². The molecule has 3 aromatic carbocycles. The van der Waals surface area contributed by atoms with Crippen LogP contribution in [-0.2, 0) is 33.6 Å². The van der Waals surface area contributed by atoms with Crippen LogP contribution in [0.5, 0.6) is 0 Å². The van der Waals surface area contributed by atoms with Crippen molar-refractivity contribution in [3.8, 4) is 11.1 Å². The fourth-order valence-electron chi connectivity index (χ4n) is 5.91.